The van der Waals surface area contributed by atoms with E-state index in [2.05, 4.69) is 4.98 Å². The molecular weight excluding hydrogens is 394 g/mol. The molecule has 29 heavy (non-hydrogen) atoms. The van der Waals surface area contributed by atoms with E-state index in [9.17, 15) is 19.5 Å². The Morgan fingerprint density at radius 1 is 1.28 bits per heavy atom. The second-order valence-corrected chi connectivity index (χ2v) is 8.11. The zero-order valence-electron chi connectivity index (χ0n) is 15.4. The van der Waals surface area contributed by atoms with Gasteiger partial charge in [-0.3, -0.25) is 9.59 Å². The molecule has 4 rings (SSSR count). The Morgan fingerprint density at radius 3 is 2.66 bits per heavy atom. The number of aromatic nitrogens is 2. The van der Waals surface area contributed by atoms with E-state index >= 15 is 0 Å². The van der Waals surface area contributed by atoms with Crippen LogP contribution in [-0.2, 0) is 4.79 Å². The van der Waals surface area contributed by atoms with Gasteiger partial charge in [0, 0.05) is 28.9 Å². The summed E-state index contributed by atoms with van der Waals surface area (Å²) in [7, 11) is 0. The smallest absolute Gasteiger partial charge is 0.339 e. The maximum atomic E-state index is 12.7. The average molecular weight is 413 g/mol. The minimum atomic E-state index is -1.11. The summed E-state index contributed by atoms with van der Waals surface area (Å²) in [5, 5.41) is 28.6. The second-order valence-electron chi connectivity index (χ2n) is 7.20. The van der Waals surface area contributed by atoms with Gasteiger partial charge in [-0.2, -0.15) is 0 Å². The zero-order chi connectivity index (χ0) is 20.7. The highest BCUT2D eigenvalue weighted by atomic mass is 32.1. The zero-order valence-corrected chi connectivity index (χ0v) is 16.2. The first-order valence-electron chi connectivity index (χ1n) is 9.25. The van der Waals surface area contributed by atoms with Gasteiger partial charge >= 0.3 is 11.9 Å². The van der Waals surface area contributed by atoms with Crippen molar-refractivity contribution in [3.63, 3.8) is 0 Å². The van der Waals surface area contributed by atoms with Gasteiger partial charge in [0.1, 0.15) is 5.56 Å². The van der Waals surface area contributed by atoms with Gasteiger partial charge in [0.2, 0.25) is 0 Å². The van der Waals surface area contributed by atoms with Crippen molar-refractivity contribution < 1.29 is 19.8 Å². The number of hydrogen-bond acceptors (Lipinski definition) is 5. The van der Waals surface area contributed by atoms with E-state index in [4.69, 9.17) is 10.5 Å². The number of hydrogen-bond donors (Lipinski definition) is 4. The molecule has 150 valence electrons. The predicted molar refractivity (Wildman–Crippen MR) is 109 cm³/mol. The maximum absolute atomic E-state index is 12.7. The van der Waals surface area contributed by atoms with Crippen LogP contribution in [0.3, 0.4) is 0 Å². The van der Waals surface area contributed by atoms with Crippen molar-refractivity contribution >= 4 is 39.9 Å². The van der Waals surface area contributed by atoms with Crippen LogP contribution < -0.4 is 5.56 Å². The number of rotatable bonds is 6. The van der Waals surface area contributed by atoms with Crippen LogP contribution in [0.25, 0.3) is 22.0 Å². The number of fused-ring (bicyclic) bond motifs is 1. The van der Waals surface area contributed by atoms with Crippen LogP contribution in [0.1, 0.15) is 53.4 Å². The highest BCUT2D eigenvalue weighted by Gasteiger charge is 2.26. The summed E-state index contributed by atoms with van der Waals surface area (Å²) in [4.78, 5) is 38.4. The SMILES string of the molecule is N=C(CC(=O)O)c1cc(-c2cn(C3CCCC3)c3c(C(=O)O)c[nH]c(=O)c23)cs1. The molecule has 0 unspecified atom stereocenters. The number of carbonyl (C=O) groups is 2. The van der Waals surface area contributed by atoms with Crippen molar-refractivity contribution in [3.8, 4) is 11.1 Å². The molecule has 0 aliphatic heterocycles. The molecule has 0 bridgehead atoms. The number of carboxylic acid groups (broad SMARTS) is 2. The van der Waals surface area contributed by atoms with Gasteiger partial charge in [-0.15, -0.1) is 11.3 Å². The standard InChI is InChI=1S/C20H19N3O5S/c21-14(6-16(24)25)15-5-10(9-29-15)13-8-23(11-3-1-2-4-11)18-12(20(27)28)7-22-19(26)17(13)18/h5,7-9,11,21H,1-4,6H2,(H,22,26)(H,24,25)(H,27,28). The molecule has 3 heterocycles. The van der Waals surface area contributed by atoms with Crippen LogP contribution in [0.4, 0.5) is 0 Å². The number of nitrogens with one attached hydrogen (secondary N) is 2. The van der Waals surface area contributed by atoms with Crippen LogP contribution in [-0.4, -0.2) is 37.4 Å². The average Bonchev–Trinajstić information content (AvgIpc) is 3.40. The number of carboxylic acids is 2. The normalized spacial score (nSPS) is 14.5. The Bertz CT molecular complexity index is 1200. The molecule has 1 saturated carbocycles. The van der Waals surface area contributed by atoms with Crippen molar-refractivity contribution in [3.05, 3.63) is 44.6 Å². The van der Waals surface area contributed by atoms with Gasteiger partial charge in [0.05, 0.1) is 23.0 Å². The summed E-state index contributed by atoms with van der Waals surface area (Å²) < 4.78 is 1.91. The minimum absolute atomic E-state index is 0.00610. The molecule has 3 aromatic rings. The summed E-state index contributed by atoms with van der Waals surface area (Å²) in [6.07, 6.45) is 6.65. The van der Waals surface area contributed by atoms with Gasteiger partial charge in [-0.05, 0) is 29.9 Å². The molecule has 1 fully saturated rings. The maximum Gasteiger partial charge on any atom is 0.339 e. The Kier molecular flexibility index (Phi) is 4.83. The number of H-pyrrole nitrogens is 1. The van der Waals surface area contributed by atoms with E-state index in [1.165, 1.54) is 17.5 Å². The highest BCUT2D eigenvalue weighted by molar-refractivity contribution is 7.12. The molecular formula is C20H19N3O5S. The van der Waals surface area contributed by atoms with Crippen molar-refractivity contribution in [1.29, 1.82) is 5.41 Å². The van der Waals surface area contributed by atoms with E-state index < -0.39 is 11.9 Å². The molecule has 0 aromatic carbocycles. The summed E-state index contributed by atoms with van der Waals surface area (Å²) in [5.41, 5.74) is 1.36. The van der Waals surface area contributed by atoms with E-state index in [0.717, 1.165) is 25.7 Å². The van der Waals surface area contributed by atoms with Crippen LogP contribution >= 0.6 is 11.3 Å². The van der Waals surface area contributed by atoms with Crippen LogP contribution in [0.5, 0.6) is 0 Å². The largest absolute Gasteiger partial charge is 0.481 e. The fraction of sp³-hybridized carbons (Fsp3) is 0.300. The summed E-state index contributed by atoms with van der Waals surface area (Å²) in [6, 6.07) is 1.82. The van der Waals surface area contributed by atoms with Gasteiger partial charge < -0.3 is 25.2 Å². The third kappa shape index (κ3) is 3.38. The molecule has 9 heteroatoms. The first kappa shape index (κ1) is 19.1. The second kappa shape index (κ2) is 7.32. The molecule has 0 atom stereocenters. The molecule has 8 nitrogen and oxygen atoms in total. The van der Waals surface area contributed by atoms with Gasteiger partial charge in [-0.25, -0.2) is 4.79 Å². The Balaban J connectivity index is 1.92. The predicted octanol–water partition coefficient (Wildman–Crippen LogP) is 3.71. The monoisotopic (exact) mass is 413 g/mol. The molecule has 1 aliphatic rings. The molecule has 0 amide bonds. The molecule has 0 spiro atoms. The number of aromatic amines is 1. The van der Waals surface area contributed by atoms with Crippen LogP contribution in [0.15, 0.2) is 28.6 Å². The molecule has 0 saturated heterocycles. The lowest BCUT2D eigenvalue weighted by molar-refractivity contribution is -0.135. The molecule has 0 radical (unpaired) electrons. The Labute approximate surface area is 168 Å². The Morgan fingerprint density at radius 2 is 2.00 bits per heavy atom. The lowest BCUT2D eigenvalue weighted by Gasteiger charge is -2.14. The summed E-state index contributed by atoms with van der Waals surface area (Å²) in [5.74, 6) is -2.19. The number of aromatic carboxylic acids is 1. The molecule has 4 N–H and O–H groups in total. The van der Waals surface area contributed by atoms with Crippen molar-refractivity contribution in [1.82, 2.24) is 9.55 Å². The number of nitrogens with zero attached hydrogens (tertiary/aromatic N) is 1. The highest BCUT2D eigenvalue weighted by Crippen LogP contribution is 2.39. The Hall–Kier alpha value is -3.20. The molecule has 3 aromatic heterocycles. The lowest BCUT2D eigenvalue weighted by Crippen LogP contribution is -2.13. The van der Waals surface area contributed by atoms with Crippen LogP contribution in [0, 0.1) is 5.41 Å². The first-order chi connectivity index (χ1) is 13.9. The minimum Gasteiger partial charge on any atom is -0.481 e. The number of pyridine rings is 1. The number of thiophene rings is 1. The fourth-order valence-electron chi connectivity index (χ4n) is 4.03. The van der Waals surface area contributed by atoms with Gasteiger partial charge in [0.25, 0.3) is 5.56 Å². The van der Waals surface area contributed by atoms with E-state index in [0.29, 0.717) is 26.9 Å². The topological polar surface area (TPSA) is 136 Å². The van der Waals surface area contributed by atoms with Crippen molar-refractivity contribution in [2.45, 2.75) is 38.1 Å². The van der Waals surface area contributed by atoms with Gasteiger partial charge in [0.15, 0.2) is 0 Å². The van der Waals surface area contributed by atoms with Gasteiger partial charge in [-0.1, -0.05) is 12.8 Å². The molecule has 1 aliphatic carbocycles. The first-order valence-corrected chi connectivity index (χ1v) is 10.1. The quantitative estimate of drug-likeness (QED) is 0.457. The van der Waals surface area contributed by atoms with Crippen molar-refractivity contribution in [2.24, 2.45) is 0 Å². The van der Waals surface area contributed by atoms with E-state index in [1.807, 2.05) is 10.8 Å². The van der Waals surface area contributed by atoms with E-state index in [1.54, 1.807) is 11.4 Å². The summed E-state index contributed by atoms with van der Waals surface area (Å²) in [6.45, 7) is 0. The third-order valence-corrected chi connectivity index (χ3v) is 6.34. The van der Waals surface area contributed by atoms with E-state index in [-0.39, 0.29) is 29.3 Å². The lowest BCUT2D eigenvalue weighted by atomic mass is 10.1. The summed E-state index contributed by atoms with van der Waals surface area (Å²) >= 11 is 1.24. The van der Waals surface area contributed by atoms with Crippen molar-refractivity contribution in [2.75, 3.05) is 0 Å². The third-order valence-electron chi connectivity index (χ3n) is 5.35. The van der Waals surface area contributed by atoms with Crippen LogP contribution in [0.2, 0.25) is 0 Å². The fourth-order valence-corrected chi connectivity index (χ4v) is 4.89. The number of aliphatic carboxylic acids is 1.